The fourth-order valence-electron chi connectivity index (χ4n) is 9.99. The maximum absolute atomic E-state index is 15.5. The molecule has 6 aliphatic rings. The van der Waals surface area contributed by atoms with Gasteiger partial charge in [0.2, 0.25) is 34.5 Å². The first-order valence-electron chi connectivity index (χ1n) is 21.5. The van der Waals surface area contributed by atoms with Crippen molar-refractivity contribution in [2.24, 2.45) is 0 Å². The van der Waals surface area contributed by atoms with Gasteiger partial charge < -0.3 is 125 Å². The molecule has 0 radical (unpaired) electrons. The van der Waals surface area contributed by atoms with Crippen molar-refractivity contribution in [1.82, 2.24) is 0 Å². The highest BCUT2D eigenvalue weighted by molar-refractivity contribution is 6.16. The quantitative estimate of drug-likeness (QED) is 0.0553. The number of aliphatic hydroxyl groups is 4. The van der Waals surface area contributed by atoms with E-state index in [1.807, 2.05) is 0 Å². The van der Waals surface area contributed by atoms with Crippen molar-refractivity contribution in [2.45, 2.75) is 54.4 Å². The molecule has 1 saturated heterocycles. The minimum Gasteiger partial charge on any atom is -0.504 e. The maximum atomic E-state index is 15.5. The molecule has 0 aromatic heterocycles. The Labute approximate surface area is 417 Å². The molecule has 0 aliphatic carbocycles. The number of carbonyl (C=O) groups is 5. The summed E-state index contributed by atoms with van der Waals surface area (Å²) in [6, 6.07) is 0.916. The van der Waals surface area contributed by atoms with Crippen molar-refractivity contribution in [3.8, 4) is 120 Å². The van der Waals surface area contributed by atoms with E-state index in [-0.39, 0.29) is 12.1 Å². The van der Waals surface area contributed by atoms with E-state index < -0.39 is 250 Å². The van der Waals surface area contributed by atoms with Crippen LogP contribution in [0.5, 0.6) is 86.2 Å². The van der Waals surface area contributed by atoms with Gasteiger partial charge in [0, 0.05) is 38.9 Å². The average Bonchev–Trinajstić information content (AvgIpc) is 3.53. The lowest BCUT2D eigenvalue weighted by molar-refractivity contribution is -0.341. The number of ether oxygens (including phenoxy) is 6. The van der Waals surface area contributed by atoms with Crippen LogP contribution in [0.2, 0.25) is 0 Å². The van der Waals surface area contributed by atoms with Crippen LogP contribution in [0.4, 0.5) is 0 Å². The molecule has 0 spiro atoms. The molecule has 6 heterocycles. The lowest BCUT2D eigenvalue weighted by Crippen LogP contribution is -2.68. The van der Waals surface area contributed by atoms with Gasteiger partial charge in [0.05, 0.1) is 40.3 Å². The Morgan fingerprint density at radius 1 is 0.395 bits per heavy atom. The molecule has 0 amide bonds. The van der Waals surface area contributed by atoms with Crippen LogP contribution in [0.25, 0.3) is 33.4 Å². The topological polar surface area (TPSA) is 525 Å². The van der Waals surface area contributed by atoms with Crippen molar-refractivity contribution < 1.29 is 149 Å². The molecule has 2 unspecified atom stereocenters. The Hall–Kier alpha value is -9.75. The van der Waals surface area contributed by atoms with Gasteiger partial charge in [-0.3, -0.25) is 0 Å². The largest absolute Gasteiger partial charge is 0.504 e. The molecule has 5 aromatic carbocycles. The molecule has 0 saturated carbocycles. The van der Waals surface area contributed by atoms with E-state index >= 15 is 9.59 Å². The standard InChI is InChI=1S/C46H34O30/c47-9-1-6-14(28(55)24(9)51)15-7(2-10(48)25(52)29(15)56)43(67)74-37-13(5-71-41(6)65)73-42(66)8-3-11(49)26(53)30(57)16(8)17-20-18(32(59)35(62)31(17)58)19-21-22(34(61)36(63)33(19)60)23(38(75-45(21)69)39(37)76-44(20)68)46(70)40(64)27(54)12(50)4-72-46/h1-3,12-13,23,27,37-40,47-64,70H,4-5H2/t12-,13-,23?,27+,37?,38+,39+,40-,46+/m1/s1. The first-order valence-corrected chi connectivity index (χ1v) is 21.5. The minimum absolute atomic E-state index is 0.271. The van der Waals surface area contributed by atoms with Gasteiger partial charge in [-0.2, -0.15) is 0 Å². The lowest BCUT2D eigenvalue weighted by atomic mass is 9.71. The highest BCUT2D eigenvalue weighted by Crippen LogP contribution is 2.63. The Morgan fingerprint density at radius 3 is 1.32 bits per heavy atom. The summed E-state index contributed by atoms with van der Waals surface area (Å²) in [5.74, 6) is -40.7. The van der Waals surface area contributed by atoms with Crippen LogP contribution in [-0.4, -0.2) is 189 Å². The van der Waals surface area contributed by atoms with Crippen molar-refractivity contribution in [3.63, 3.8) is 0 Å². The monoisotopic (exact) mass is 1070 g/mol. The zero-order chi connectivity index (χ0) is 55.4. The normalized spacial score (nSPS) is 25.7. The van der Waals surface area contributed by atoms with Gasteiger partial charge in [-0.15, -0.1) is 0 Å². The second-order valence-corrected chi connectivity index (χ2v) is 17.6. The molecule has 76 heavy (non-hydrogen) atoms. The van der Waals surface area contributed by atoms with Gasteiger partial charge in [-0.25, -0.2) is 24.0 Å². The number of cyclic esters (lactones) is 1. The van der Waals surface area contributed by atoms with E-state index in [2.05, 4.69) is 0 Å². The molecule has 30 nitrogen and oxygen atoms in total. The molecule has 6 aliphatic heterocycles. The highest BCUT2D eigenvalue weighted by Gasteiger charge is 2.65. The Morgan fingerprint density at radius 2 is 0.789 bits per heavy atom. The summed E-state index contributed by atoms with van der Waals surface area (Å²) < 4.78 is 34.0. The van der Waals surface area contributed by atoms with Crippen LogP contribution in [0.15, 0.2) is 18.2 Å². The van der Waals surface area contributed by atoms with Crippen molar-refractivity contribution in [1.29, 1.82) is 0 Å². The zero-order valence-electron chi connectivity index (χ0n) is 37.3. The lowest BCUT2D eigenvalue weighted by Gasteiger charge is -2.51. The van der Waals surface area contributed by atoms with Crippen LogP contribution in [0.3, 0.4) is 0 Å². The summed E-state index contributed by atoms with van der Waals surface area (Å²) in [7, 11) is 0. The molecule has 6 bridgehead atoms. The minimum atomic E-state index is -3.72. The van der Waals surface area contributed by atoms with Gasteiger partial charge in [0.1, 0.15) is 24.9 Å². The van der Waals surface area contributed by atoms with E-state index in [4.69, 9.17) is 28.4 Å². The third-order valence-corrected chi connectivity index (χ3v) is 13.6. The Bertz CT molecular complexity index is 3510. The molecule has 11 rings (SSSR count). The number of aromatic hydroxyl groups is 15. The average molecular weight is 1070 g/mol. The summed E-state index contributed by atoms with van der Waals surface area (Å²) >= 11 is 0. The van der Waals surface area contributed by atoms with Crippen molar-refractivity contribution in [3.05, 3.63) is 51.6 Å². The molecule has 9 atom stereocenters. The summed E-state index contributed by atoms with van der Waals surface area (Å²) in [5.41, 5.74) is -16.3. The predicted octanol–water partition coefficient (Wildman–Crippen LogP) is -0.830. The number of aliphatic hydroxyl groups excluding tert-OH is 3. The van der Waals surface area contributed by atoms with E-state index in [9.17, 15) is 111 Å². The molecular formula is C46H34O30. The summed E-state index contributed by atoms with van der Waals surface area (Å²) in [6.07, 6.45) is -19.3. The molecule has 5 aromatic rings. The molecule has 19 N–H and O–H groups in total. The second-order valence-electron chi connectivity index (χ2n) is 17.6. The van der Waals surface area contributed by atoms with Crippen LogP contribution >= 0.6 is 0 Å². The maximum Gasteiger partial charge on any atom is 0.340 e. The van der Waals surface area contributed by atoms with Crippen LogP contribution in [0.1, 0.15) is 63.3 Å². The van der Waals surface area contributed by atoms with Crippen LogP contribution in [0, 0.1) is 0 Å². The summed E-state index contributed by atoms with van der Waals surface area (Å²) in [5, 5.41) is 214. The van der Waals surface area contributed by atoms with Crippen LogP contribution in [-0.2, 0) is 28.4 Å². The third kappa shape index (κ3) is 6.61. The van der Waals surface area contributed by atoms with Gasteiger partial charge in [0.25, 0.3) is 0 Å². The van der Waals surface area contributed by atoms with Crippen molar-refractivity contribution >= 4 is 29.8 Å². The van der Waals surface area contributed by atoms with E-state index in [0.717, 1.165) is 0 Å². The number of phenolic OH excluding ortho intramolecular Hbond substituents is 15. The van der Waals surface area contributed by atoms with Crippen LogP contribution < -0.4 is 0 Å². The number of carbonyl (C=O) groups excluding carboxylic acids is 5. The van der Waals surface area contributed by atoms with Gasteiger partial charge >= 0.3 is 29.8 Å². The number of rotatable bonds is 1. The zero-order valence-corrected chi connectivity index (χ0v) is 37.3. The highest BCUT2D eigenvalue weighted by atomic mass is 16.7. The molecule has 30 heteroatoms. The number of hydrogen-bond donors (Lipinski definition) is 19. The number of phenols is 15. The van der Waals surface area contributed by atoms with E-state index in [0.29, 0.717) is 6.07 Å². The van der Waals surface area contributed by atoms with Gasteiger partial charge in [0.15, 0.2) is 81.9 Å². The fourth-order valence-corrected chi connectivity index (χ4v) is 9.99. The summed E-state index contributed by atoms with van der Waals surface area (Å²) in [4.78, 5) is 74.4. The Kier molecular flexibility index (Phi) is 10.9. The smallest absolute Gasteiger partial charge is 0.340 e. The van der Waals surface area contributed by atoms with E-state index in [1.165, 1.54) is 0 Å². The number of esters is 5. The first-order chi connectivity index (χ1) is 35.7. The number of benzene rings is 5. The number of hydrogen-bond acceptors (Lipinski definition) is 30. The van der Waals surface area contributed by atoms with E-state index in [1.54, 1.807) is 0 Å². The fraction of sp³-hybridized carbons (Fsp3) is 0.239. The molecule has 1 fully saturated rings. The van der Waals surface area contributed by atoms with Gasteiger partial charge in [-0.1, -0.05) is 0 Å². The Balaban J connectivity index is 1.39. The first kappa shape index (κ1) is 49.8. The third-order valence-electron chi connectivity index (χ3n) is 13.6. The van der Waals surface area contributed by atoms with Gasteiger partial charge in [-0.05, 0) is 18.2 Å². The van der Waals surface area contributed by atoms with Crippen molar-refractivity contribution in [2.75, 3.05) is 13.2 Å². The second kappa shape index (κ2) is 16.6. The molecular weight excluding hydrogens is 1030 g/mol. The number of fused-ring (bicyclic) bond motifs is 7. The SMILES string of the molecule is O=C1OC[C@H]2OC(=O)c3cc(O)c(O)c(O)c3-c3c(O)c(O)c(O)c4c3C(=O)O[C@@H](C2OC(=O)c2cc(O)c(O)c(O)c2-c2c1cc(O)c(O)c2O)[C@H]1OC(=O)c2c-4c(O)c(O)c(O)c2C1[C@]1(O)OC[C@@H](O)[C@H](O)[C@H]1O. The molecule has 398 valence electrons. The summed E-state index contributed by atoms with van der Waals surface area (Å²) in [6.45, 7) is -2.84. The predicted molar refractivity (Wildman–Crippen MR) is 233 cm³/mol.